The summed E-state index contributed by atoms with van der Waals surface area (Å²) >= 11 is 0. The first-order valence-corrected chi connectivity index (χ1v) is 12.5. The highest BCUT2D eigenvalue weighted by molar-refractivity contribution is 7.89. The van der Waals surface area contributed by atoms with Crippen molar-refractivity contribution in [1.29, 1.82) is 0 Å². The van der Waals surface area contributed by atoms with Gasteiger partial charge < -0.3 is 10.1 Å². The molecule has 0 bridgehead atoms. The van der Waals surface area contributed by atoms with Crippen molar-refractivity contribution >= 4 is 21.9 Å². The first kappa shape index (κ1) is 22.5. The van der Waals surface area contributed by atoms with Crippen LogP contribution in [-0.2, 0) is 32.5 Å². The molecule has 8 heteroatoms. The van der Waals surface area contributed by atoms with Crippen LogP contribution in [0.5, 0.6) is 0 Å². The van der Waals surface area contributed by atoms with Crippen molar-refractivity contribution in [2.24, 2.45) is 0 Å². The van der Waals surface area contributed by atoms with Crippen molar-refractivity contribution in [2.75, 3.05) is 13.2 Å². The molecule has 0 spiro atoms. The van der Waals surface area contributed by atoms with Crippen molar-refractivity contribution in [3.05, 3.63) is 65.2 Å². The Hall–Kier alpha value is -2.71. The van der Waals surface area contributed by atoms with Crippen LogP contribution < -0.4 is 5.32 Å². The molecule has 1 heterocycles. The van der Waals surface area contributed by atoms with Gasteiger partial charge in [-0.15, -0.1) is 0 Å². The zero-order valence-electron chi connectivity index (χ0n) is 18.0. The molecular weight excluding hydrogens is 428 g/mol. The average molecular weight is 457 g/mol. The van der Waals surface area contributed by atoms with E-state index in [0.717, 1.165) is 31.2 Å². The van der Waals surface area contributed by atoms with Crippen LogP contribution in [-0.4, -0.2) is 43.8 Å². The molecule has 7 nitrogen and oxygen atoms in total. The molecule has 0 atom stereocenters. The molecule has 1 fully saturated rings. The van der Waals surface area contributed by atoms with Crippen LogP contribution in [0.1, 0.15) is 53.6 Å². The van der Waals surface area contributed by atoms with Crippen LogP contribution in [0.15, 0.2) is 53.4 Å². The molecule has 2 aromatic carbocycles. The lowest BCUT2D eigenvalue weighted by molar-refractivity contribution is -0.125. The maximum absolute atomic E-state index is 13.0. The average Bonchev–Trinajstić information content (AvgIpc) is 2.83. The number of carbonyl (C=O) groups excluding carboxylic acids is 2. The maximum atomic E-state index is 13.0. The van der Waals surface area contributed by atoms with Crippen LogP contribution in [0.4, 0.5) is 0 Å². The molecule has 4 rings (SSSR count). The lowest BCUT2D eigenvalue weighted by atomic mass is 9.95. The predicted octanol–water partition coefficient (Wildman–Crippen LogP) is 3.04. The molecule has 0 saturated heterocycles. The number of nitrogens with one attached hydrogen (secondary N) is 1. The highest BCUT2D eigenvalue weighted by atomic mass is 32.2. The molecule has 1 aliphatic heterocycles. The third-order valence-electron chi connectivity index (χ3n) is 6.13. The molecule has 0 radical (unpaired) electrons. The van der Waals surface area contributed by atoms with Gasteiger partial charge in [-0.05, 0) is 54.7 Å². The topological polar surface area (TPSA) is 92.8 Å². The highest BCUT2D eigenvalue weighted by Crippen LogP contribution is 2.25. The number of hydrogen-bond donors (Lipinski definition) is 1. The fraction of sp³-hybridized carbons (Fsp3) is 0.417. The number of rotatable bonds is 6. The van der Waals surface area contributed by atoms with Gasteiger partial charge in [0.25, 0.3) is 5.91 Å². The van der Waals surface area contributed by atoms with Crippen LogP contribution in [0.25, 0.3) is 0 Å². The zero-order valence-corrected chi connectivity index (χ0v) is 18.8. The van der Waals surface area contributed by atoms with Gasteiger partial charge in [-0.3, -0.25) is 4.79 Å². The summed E-state index contributed by atoms with van der Waals surface area (Å²) in [7, 11) is -3.67. The van der Waals surface area contributed by atoms with E-state index in [-0.39, 0.29) is 29.0 Å². The first-order valence-electron chi connectivity index (χ1n) is 11.1. The summed E-state index contributed by atoms with van der Waals surface area (Å²) in [6, 6.07) is 13.7. The summed E-state index contributed by atoms with van der Waals surface area (Å²) in [4.78, 5) is 24.4. The van der Waals surface area contributed by atoms with Gasteiger partial charge in [0, 0.05) is 19.1 Å². The van der Waals surface area contributed by atoms with Crippen molar-refractivity contribution in [3.63, 3.8) is 0 Å². The molecule has 1 N–H and O–H groups in total. The fourth-order valence-corrected chi connectivity index (χ4v) is 5.74. The zero-order chi connectivity index (χ0) is 22.6. The molecule has 0 aromatic heterocycles. The second kappa shape index (κ2) is 9.83. The largest absolute Gasteiger partial charge is 0.452 e. The summed E-state index contributed by atoms with van der Waals surface area (Å²) in [5.74, 6) is -0.963. The van der Waals surface area contributed by atoms with E-state index in [2.05, 4.69) is 5.32 Å². The molecule has 2 aliphatic rings. The van der Waals surface area contributed by atoms with Crippen molar-refractivity contribution in [2.45, 2.75) is 56.0 Å². The summed E-state index contributed by atoms with van der Waals surface area (Å²) in [6.45, 7) is 0.403. The van der Waals surface area contributed by atoms with Crippen molar-refractivity contribution in [3.8, 4) is 0 Å². The summed E-state index contributed by atoms with van der Waals surface area (Å²) < 4.78 is 32.6. The Morgan fingerprint density at radius 3 is 2.38 bits per heavy atom. The minimum Gasteiger partial charge on any atom is -0.452 e. The number of nitrogens with zero attached hydrogens (tertiary/aromatic N) is 1. The number of fused-ring (bicyclic) bond motifs is 1. The molecule has 2 aromatic rings. The van der Waals surface area contributed by atoms with E-state index >= 15 is 0 Å². The number of benzene rings is 2. The summed E-state index contributed by atoms with van der Waals surface area (Å²) in [6.07, 6.45) is 5.98. The Kier molecular flexibility index (Phi) is 6.91. The van der Waals surface area contributed by atoms with E-state index in [1.165, 1.54) is 40.6 Å². The SMILES string of the molecule is O=C(COC(=O)c1ccc(S(=O)(=O)N2CCc3ccccc3C2)cc1)NC1CCCCC1. The van der Waals surface area contributed by atoms with E-state index in [1.54, 1.807) is 0 Å². The van der Waals surface area contributed by atoms with E-state index in [4.69, 9.17) is 4.74 Å². The van der Waals surface area contributed by atoms with Gasteiger partial charge >= 0.3 is 5.97 Å². The van der Waals surface area contributed by atoms with Gasteiger partial charge in [-0.1, -0.05) is 43.5 Å². The Morgan fingerprint density at radius 1 is 0.969 bits per heavy atom. The molecule has 0 unspecified atom stereocenters. The smallest absolute Gasteiger partial charge is 0.338 e. The minimum absolute atomic E-state index is 0.128. The fourth-order valence-electron chi connectivity index (χ4n) is 4.32. The number of sulfonamides is 1. The van der Waals surface area contributed by atoms with Gasteiger partial charge in [0.1, 0.15) is 0 Å². The molecular formula is C24H28N2O5S. The van der Waals surface area contributed by atoms with Gasteiger partial charge in [0.15, 0.2) is 6.61 Å². The Balaban J connectivity index is 1.34. The quantitative estimate of drug-likeness (QED) is 0.675. The van der Waals surface area contributed by atoms with Crippen LogP contribution >= 0.6 is 0 Å². The van der Waals surface area contributed by atoms with Gasteiger partial charge in [0.05, 0.1) is 10.5 Å². The van der Waals surface area contributed by atoms with Crippen LogP contribution in [0, 0.1) is 0 Å². The third-order valence-corrected chi connectivity index (χ3v) is 7.99. The lowest BCUT2D eigenvalue weighted by Gasteiger charge is -2.28. The molecule has 1 aliphatic carbocycles. The third kappa shape index (κ3) is 5.19. The molecule has 170 valence electrons. The van der Waals surface area contributed by atoms with E-state index < -0.39 is 16.0 Å². The second-order valence-corrected chi connectivity index (χ2v) is 10.3. The minimum atomic E-state index is -3.67. The van der Waals surface area contributed by atoms with Crippen molar-refractivity contribution < 1.29 is 22.7 Å². The number of amides is 1. The van der Waals surface area contributed by atoms with Crippen LogP contribution in [0.3, 0.4) is 0 Å². The van der Waals surface area contributed by atoms with Crippen molar-refractivity contribution in [1.82, 2.24) is 9.62 Å². The standard InChI is InChI=1S/C24H28N2O5S/c27-23(25-21-8-2-1-3-9-21)17-31-24(28)19-10-12-22(13-11-19)32(29,30)26-15-14-18-6-4-5-7-20(18)16-26/h4-7,10-13,21H,1-3,8-9,14-17H2,(H,25,27). The summed E-state index contributed by atoms with van der Waals surface area (Å²) in [5, 5.41) is 2.90. The Labute approximate surface area is 188 Å². The molecule has 1 saturated carbocycles. The Morgan fingerprint density at radius 2 is 1.66 bits per heavy atom. The van der Waals surface area contributed by atoms with Gasteiger partial charge in [0.2, 0.25) is 10.0 Å². The number of esters is 1. The predicted molar refractivity (Wildman–Crippen MR) is 119 cm³/mol. The van der Waals surface area contributed by atoms with E-state index in [9.17, 15) is 18.0 Å². The van der Waals surface area contributed by atoms with E-state index in [1.807, 2.05) is 24.3 Å². The monoisotopic (exact) mass is 456 g/mol. The maximum Gasteiger partial charge on any atom is 0.338 e. The summed E-state index contributed by atoms with van der Waals surface area (Å²) in [5.41, 5.74) is 2.39. The van der Waals surface area contributed by atoms with E-state index in [0.29, 0.717) is 19.5 Å². The highest BCUT2D eigenvalue weighted by Gasteiger charge is 2.28. The number of hydrogen-bond acceptors (Lipinski definition) is 5. The molecule has 32 heavy (non-hydrogen) atoms. The normalized spacial score (nSPS) is 17.4. The number of ether oxygens (including phenoxy) is 1. The second-order valence-electron chi connectivity index (χ2n) is 8.36. The first-order chi connectivity index (χ1) is 15.4. The van der Waals surface area contributed by atoms with Gasteiger partial charge in [-0.25, -0.2) is 13.2 Å². The van der Waals surface area contributed by atoms with Gasteiger partial charge in [-0.2, -0.15) is 4.31 Å². The Bertz CT molecular complexity index is 1080. The lowest BCUT2D eigenvalue weighted by Crippen LogP contribution is -2.38. The number of carbonyl (C=O) groups is 2. The van der Waals surface area contributed by atoms with Crippen LogP contribution in [0.2, 0.25) is 0 Å². The molecule has 1 amide bonds.